The van der Waals surface area contributed by atoms with E-state index >= 15 is 0 Å². The zero-order valence-electron chi connectivity index (χ0n) is 55.3. The minimum Gasteiger partial charge on any atom is -0.462 e. The van der Waals surface area contributed by atoms with Gasteiger partial charge in [-0.15, -0.1) is 0 Å². The van der Waals surface area contributed by atoms with Gasteiger partial charge in [0.1, 0.15) is 13.2 Å². The molecule has 82 heavy (non-hydrogen) atoms. The molecule has 1 atom stereocenters. The summed E-state index contributed by atoms with van der Waals surface area (Å²) in [7, 11) is 0. The maximum atomic E-state index is 12.9. The second kappa shape index (κ2) is 70.9. The van der Waals surface area contributed by atoms with Gasteiger partial charge in [-0.3, -0.25) is 14.4 Å². The molecule has 0 saturated heterocycles. The first-order valence-electron chi connectivity index (χ1n) is 36.6. The highest BCUT2D eigenvalue weighted by atomic mass is 16.6. The average Bonchev–Trinajstić information content (AvgIpc) is 3.48. The molecule has 480 valence electrons. The Kier molecular flexibility index (Phi) is 68.6. The van der Waals surface area contributed by atoms with E-state index in [2.05, 4.69) is 69.4 Å². The zero-order valence-corrected chi connectivity index (χ0v) is 55.3. The number of allylic oxidation sites excluding steroid dienone is 8. The second-order valence-electron chi connectivity index (χ2n) is 24.8. The maximum absolute atomic E-state index is 12.9. The highest BCUT2D eigenvalue weighted by Crippen LogP contribution is 2.19. The van der Waals surface area contributed by atoms with Crippen molar-refractivity contribution in [3.8, 4) is 0 Å². The standard InChI is InChI=1S/C76H140O6/c1-4-7-10-13-16-18-20-22-24-26-28-30-32-34-35-36-37-38-39-40-42-43-45-47-49-51-53-55-57-60-63-66-69-75(78)81-72-73(71-80-74(77)68-65-62-59-15-12-9-6-3)82-76(79)70-67-64-61-58-56-54-52-50-48-46-44-41-33-31-29-27-25-23-21-19-17-14-11-8-5-2/h8,11,17,19,23,25,29,31,73H,4-7,9-10,12-16,18,20-22,24,26-28,30,32-72H2,1-3H3/b11-8-,19-17-,25-23-,31-29-. The molecule has 0 aliphatic rings. The molecule has 0 amide bonds. The number of rotatable bonds is 68. The largest absolute Gasteiger partial charge is 0.462 e. The van der Waals surface area contributed by atoms with E-state index in [1.54, 1.807) is 0 Å². The number of ether oxygens (including phenoxy) is 3. The molecule has 6 heteroatoms. The molecule has 0 N–H and O–H groups in total. The molecule has 0 spiro atoms. The van der Waals surface area contributed by atoms with Gasteiger partial charge in [-0.2, -0.15) is 0 Å². The summed E-state index contributed by atoms with van der Waals surface area (Å²) in [6.45, 7) is 6.55. The molecular formula is C76H140O6. The van der Waals surface area contributed by atoms with Crippen LogP contribution in [0.15, 0.2) is 48.6 Å². The van der Waals surface area contributed by atoms with Crippen LogP contribution in [-0.4, -0.2) is 37.2 Å². The van der Waals surface area contributed by atoms with Crippen LogP contribution in [0.25, 0.3) is 0 Å². The van der Waals surface area contributed by atoms with Gasteiger partial charge in [0.15, 0.2) is 6.10 Å². The van der Waals surface area contributed by atoms with E-state index in [0.29, 0.717) is 19.3 Å². The second-order valence-corrected chi connectivity index (χ2v) is 24.8. The van der Waals surface area contributed by atoms with Crippen LogP contribution in [0, 0.1) is 0 Å². The number of carbonyl (C=O) groups excluding carboxylic acids is 3. The first kappa shape index (κ1) is 79.4. The van der Waals surface area contributed by atoms with Crippen LogP contribution in [0.2, 0.25) is 0 Å². The van der Waals surface area contributed by atoms with Gasteiger partial charge < -0.3 is 14.2 Å². The summed E-state index contributed by atoms with van der Waals surface area (Å²) in [6.07, 6.45) is 90.5. The van der Waals surface area contributed by atoms with Crippen LogP contribution in [0.3, 0.4) is 0 Å². The monoisotopic (exact) mass is 1150 g/mol. The Hall–Kier alpha value is -2.63. The van der Waals surface area contributed by atoms with Crippen molar-refractivity contribution < 1.29 is 28.6 Å². The van der Waals surface area contributed by atoms with Crippen LogP contribution >= 0.6 is 0 Å². The predicted octanol–water partition coefficient (Wildman–Crippen LogP) is 25.3. The van der Waals surface area contributed by atoms with Gasteiger partial charge in [0, 0.05) is 19.3 Å². The Balaban J connectivity index is 3.98. The van der Waals surface area contributed by atoms with Crippen LogP contribution in [0.1, 0.15) is 400 Å². The molecule has 0 aliphatic heterocycles. The molecule has 6 nitrogen and oxygen atoms in total. The predicted molar refractivity (Wildman–Crippen MR) is 358 cm³/mol. The van der Waals surface area contributed by atoms with Gasteiger partial charge in [-0.25, -0.2) is 0 Å². The van der Waals surface area contributed by atoms with Crippen molar-refractivity contribution in [2.24, 2.45) is 0 Å². The van der Waals surface area contributed by atoms with Gasteiger partial charge in [0.2, 0.25) is 0 Å². The summed E-state index contributed by atoms with van der Waals surface area (Å²) in [5.41, 5.74) is 0. The van der Waals surface area contributed by atoms with E-state index in [-0.39, 0.29) is 31.1 Å². The third-order valence-corrected chi connectivity index (χ3v) is 16.6. The van der Waals surface area contributed by atoms with E-state index in [0.717, 1.165) is 83.5 Å². The first-order valence-corrected chi connectivity index (χ1v) is 36.6. The smallest absolute Gasteiger partial charge is 0.306 e. The molecule has 0 heterocycles. The van der Waals surface area contributed by atoms with Crippen molar-refractivity contribution in [2.45, 2.75) is 406 Å². The molecule has 0 fully saturated rings. The molecule has 0 rings (SSSR count). The highest BCUT2D eigenvalue weighted by Gasteiger charge is 2.19. The zero-order chi connectivity index (χ0) is 59.2. The minimum atomic E-state index is -0.770. The minimum absolute atomic E-state index is 0.0685. The number of unbranched alkanes of at least 4 members (excludes halogenated alkanes) is 49. The lowest BCUT2D eigenvalue weighted by molar-refractivity contribution is -0.167. The van der Waals surface area contributed by atoms with Gasteiger partial charge >= 0.3 is 17.9 Å². The molecule has 1 unspecified atom stereocenters. The summed E-state index contributed by atoms with van der Waals surface area (Å²) in [5, 5.41) is 0. The van der Waals surface area contributed by atoms with E-state index < -0.39 is 6.10 Å². The molecule has 0 aromatic heterocycles. The molecule has 0 bridgehead atoms. The summed E-state index contributed by atoms with van der Waals surface area (Å²) < 4.78 is 16.9. The lowest BCUT2D eigenvalue weighted by atomic mass is 10.0. The number of esters is 3. The third kappa shape index (κ3) is 68.2. The van der Waals surface area contributed by atoms with Crippen LogP contribution in [0.4, 0.5) is 0 Å². The third-order valence-electron chi connectivity index (χ3n) is 16.6. The van der Waals surface area contributed by atoms with Crippen molar-refractivity contribution in [1.82, 2.24) is 0 Å². The summed E-state index contributed by atoms with van der Waals surface area (Å²) in [4.78, 5) is 38.2. The number of hydrogen-bond donors (Lipinski definition) is 0. The maximum Gasteiger partial charge on any atom is 0.306 e. The summed E-state index contributed by atoms with van der Waals surface area (Å²) >= 11 is 0. The van der Waals surface area contributed by atoms with Gasteiger partial charge in [0.05, 0.1) is 0 Å². The van der Waals surface area contributed by atoms with Crippen LogP contribution in [-0.2, 0) is 28.6 Å². The van der Waals surface area contributed by atoms with Crippen molar-refractivity contribution in [1.29, 1.82) is 0 Å². The SMILES string of the molecule is CC/C=C\C/C=C\C/C=C\C/C=C\CCCCCCCCCCCCCCC(=O)OC(COC(=O)CCCCCCCCC)COC(=O)CCCCCCCCCCCCCCCCCCCCCCCCCCCCCCCCCC. The average molecular weight is 1150 g/mol. The fourth-order valence-electron chi connectivity index (χ4n) is 11.1. The molecule has 0 radical (unpaired) electrons. The Labute approximate surface area is 511 Å². The highest BCUT2D eigenvalue weighted by molar-refractivity contribution is 5.71. The van der Waals surface area contributed by atoms with Gasteiger partial charge in [0.25, 0.3) is 0 Å². The van der Waals surface area contributed by atoms with Crippen molar-refractivity contribution in [2.75, 3.05) is 13.2 Å². The lowest BCUT2D eigenvalue weighted by Gasteiger charge is -2.18. The molecule has 0 aromatic rings. The molecule has 0 aliphatic carbocycles. The van der Waals surface area contributed by atoms with Crippen LogP contribution in [0.5, 0.6) is 0 Å². The normalized spacial score (nSPS) is 12.3. The van der Waals surface area contributed by atoms with Crippen LogP contribution < -0.4 is 0 Å². The van der Waals surface area contributed by atoms with Crippen molar-refractivity contribution in [3.63, 3.8) is 0 Å². The van der Waals surface area contributed by atoms with Gasteiger partial charge in [-0.1, -0.05) is 371 Å². The van der Waals surface area contributed by atoms with E-state index in [4.69, 9.17) is 14.2 Å². The fraction of sp³-hybridized carbons (Fsp3) is 0.855. The Morgan fingerprint density at radius 1 is 0.256 bits per heavy atom. The Morgan fingerprint density at radius 3 is 0.744 bits per heavy atom. The number of carbonyl (C=O) groups is 3. The van der Waals surface area contributed by atoms with Crippen molar-refractivity contribution >= 4 is 17.9 Å². The molecule has 0 saturated carbocycles. The topological polar surface area (TPSA) is 78.9 Å². The quantitative estimate of drug-likeness (QED) is 0.0261. The van der Waals surface area contributed by atoms with E-state index in [9.17, 15) is 14.4 Å². The number of hydrogen-bond acceptors (Lipinski definition) is 6. The lowest BCUT2D eigenvalue weighted by Crippen LogP contribution is -2.30. The van der Waals surface area contributed by atoms with E-state index in [1.807, 2.05) is 0 Å². The Bertz CT molecular complexity index is 1410. The van der Waals surface area contributed by atoms with Crippen molar-refractivity contribution in [3.05, 3.63) is 48.6 Å². The van der Waals surface area contributed by atoms with Gasteiger partial charge in [-0.05, 0) is 57.8 Å². The fourth-order valence-corrected chi connectivity index (χ4v) is 11.1. The van der Waals surface area contributed by atoms with E-state index in [1.165, 1.54) is 276 Å². The first-order chi connectivity index (χ1) is 40.5. The summed E-state index contributed by atoms with van der Waals surface area (Å²) in [6, 6.07) is 0. The molecular weight excluding hydrogens is 1010 g/mol. The molecule has 0 aromatic carbocycles. The summed E-state index contributed by atoms with van der Waals surface area (Å²) in [5.74, 6) is -0.852. The Morgan fingerprint density at radius 2 is 0.476 bits per heavy atom.